The summed E-state index contributed by atoms with van der Waals surface area (Å²) in [4.78, 5) is 28.8. The smallest absolute Gasteiger partial charge is 0.307 e. The molecule has 0 saturated carbocycles. The Morgan fingerprint density at radius 1 is 1.03 bits per heavy atom. The van der Waals surface area contributed by atoms with Gasteiger partial charge in [0.15, 0.2) is 5.76 Å². The van der Waals surface area contributed by atoms with Crippen molar-refractivity contribution < 1.29 is 18.5 Å². The van der Waals surface area contributed by atoms with Gasteiger partial charge in [-0.25, -0.2) is 4.98 Å². The number of aryl methyl sites for hydroxylation is 1. The summed E-state index contributed by atoms with van der Waals surface area (Å²) >= 11 is 0. The molecule has 0 aliphatic heterocycles. The zero-order valence-corrected chi connectivity index (χ0v) is 16.4. The van der Waals surface area contributed by atoms with Crippen LogP contribution in [0, 0.1) is 0 Å². The van der Waals surface area contributed by atoms with Gasteiger partial charge in [-0.3, -0.25) is 14.2 Å². The molecule has 5 rings (SSSR count). The van der Waals surface area contributed by atoms with Crippen molar-refractivity contribution in [1.82, 2.24) is 14.7 Å². The Kier molecular flexibility index (Phi) is 4.80. The number of hydrogen-bond donors (Lipinski definition) is 0. The van der Waals surface area contributed by atoms with E-state index in [-0.39, 0.29) is 25.1 Å². The number of esters is 1. The van der Waals surface area contributed by atoms with Crippen LogP contribution in [0.4, 0.5) is 0 Å². The van der Waals surface area contributed by atoms with Crippen molar-refractivity contribution in [2.24, 2.45) is 0 Å². The maximum Gasteiger partial charge on any atom is 0.307 e. The van der Waals surface area contributed by atoms with Gasteiger partial charge in [-0.2, -0.15) is 0 Å². The number of furan rings is 1. The van der Waals surface area contributed by atoms with Crippen LogP contribution in [-0.4, -0.2) is 20.7 Å². The minimum absolute atomic E-state index is 0.0343. The molecule has 0 fully saturated rings. The first-order valence-corrected chi connectivity index (χ1v) is 9.72. The number of ether oxygens (including phenoxy) is 1. The summed E-state index contributed by atoms with van der Waals surface area (Å²) in [6.07, 6.45) is 1.48. The van der Waals surface area contributed by atoms with E-state index >= 15 is 0 Å². The number of para-hydroxylation sites is 2. The number of benzene rings is 2. The van der Waals surface area contributed by atoms with Crippen LogP contribution in [0.3, 0.4) is 0 Å². The Morgan fingerprint density at radius 2 is 1.87 bits per heavy atom. The van der Waals surface area contributed by atoms with E-state index < -0.39 is 5.97 Å². The lowest BCUT2D eigenvalue weighted by Crippen LogP contribution is -2.22. The quantitative estimate of drug-likeness (QED) is 0.387. The van der Waals surface area contributed by atoms with Crippen LogP contribution in [-0.2, 0) is 22.7 Å². The molecule has 0 radical (unpaired) electrons. The fraction of sp³-hybridized carbons (Fsp3) is 0.130. The molecule has 0 aliphatic rings. The van der Waals surface area contributed by atoms with Crippen LogP contribution in [0.15, 0.2) is 80.7 Å². The Morgan fingerprint density at radius 3 is 2.77 bits per heavy atom. The summed E-state index contributed by atoms with van der Waals surface area (Å²) in [7, 11) is 0. The number of nitrogens with zero attached hydrogens (tertiary/aromatic N) is 3. The molecule has 0 atom stereocenters. The molecule has 31 heavy (non-hydrogen) atoms. The van der Waals surface area contributed by atoms with E-state index in [1.807, 2.05) is 36.4 Å². The first-order chi connectivity index (χ1) is 15.2. The van der Waals surface area contributed by atoms with Gasteiger partial charge in [0.05, 0.1) is 23.7 Å². The van der Waals surface area contributed by atoms with E-state index in [4.69, 9.17) is 13.7 Å². The molecule has 0 unspecified atom stereocenters. The molecule has 0 aliphatic carbocycles. The molecule has 0 amide bonds. The van der Waals surface area contributed by atoms with Crippen LogP contribution in [0.5, 0.6) is 0 Å². The summed E-state index contributed by atoms with van der Waals surface area (Å²) in [5, 5.41) is 5.40. The van der Waals surface area contributed by atoms with E-state index in [9.17, 15) is 9.59 Å². The Labute approximate surface area is 175 Å². The summed E-state index contributed by atoms with van der Waals surface area (Å²) in [6.45, 7) is 0.145. The molecular formula is C23H17N3O5. The van der Waals surface area contributed by atoms with E-state index in [0.717, 1.165) is 11.0 Å². The third-order valence-corrected chi connectivity index (χ3v) is 4.90. The van der Waals surface area contributed by atoms with Gasteiger partial charge >= 0.3 is 5.97 Å². The molecule has 3 heterocycles. The third kappa shape index (κ3) is 3.83. The van der Waals surface area contributed by atoms with Crippen molar-refractivity contribution in [2.45, 2.75) is 19.6 Å². The van der Waals surface area contributed by atoms with Crippen LogP contribution >= 0.6 is 0 Å². The molecule has 8 nitrogen and oxygen atoms in total. The highest BCUT2D eigenvalue weighted by Crippen LogP contribution is 2.28. The lowest BCUT2D eigenvalue weighted by molar-refractivity contribution is -0.145. The number of rotatable bonds is 6. The first-order valence-electron chi connectivity index (χ1n) is 9.72. The van der Waals surface area contributed by atoms with Gasteiger partial charge in [0, 0.05) is 18.0 Å². The van der Waals surface area contributed by atoms with Crippen LogP contribution in [0.2, 0.25) is 0 Å². The van der Waals surface area contributed by atoms with Crippen LogP contribution < -0.4 is 5.56 Å². The highest BCUT2D eigenvalue weighted by molar-refractivity contribution is 5.81. The SMILES string of the molecule is O=C(CCn1cnc2ccccc2c1=O)OCc1cc(-c2cc3ccccc3o2)on1. The van der Waals surface area contributed by atoms with Gasteiger partial charge < -0.3 is 13.7 Å². The van der Waals surface area contributed by atoms with Crippen molar-refractivity contribution in [3.63, 3.8) is 0 Å². The predicted octanol–water partition coefficient (Wildman–Crippen LogP) is 3.93. The summed E-state index contributed by atoms with van der Waals surface area (Å²) in [5.41, 5.74) is 1.65. The molecule has 3 aromatic heterocycles. The predicted molar refractivity (Wildman–Crippen MR) is 112 cm³/mol. The fourth-order valence-electron chi connectivity index (χ4n) is 3.30. The molecular weight excluding hydrogens is 398 g/mol. The number of carbonyl (C=O) groups is 1. The van der Waals surface area contributed by atoms with E-state index in [1.54, 1.807) is 24.3 Å². The van der Waals surface area contributed by atoms with E-state index in [0.29, 0.717) is 28.1 Å². The average molecular weight is 415 g/mol. The maximum atomic E-state index is 12.5. The Hall–Kier alpha value is -4.20. The van der Waals surface area contributed by atoms with Crippen molar-refractivity contribution in [2.75, 3.05) is 0 Å². The standard InChI is InChI=1S/C23H17N3O5/c27-22(9-10-26-14-24-18-7-3-2-6-17(18)23(26)28)29-13-16-12-21(31-25-16)20-11-15-5-1-4-8-19(15)30-20/h1-8,11-12,14H,9-10,13H2. The highest BCUT2D eigenvalue weighted by Gasteiger charge is 2.14. The number of fused-ring (bicyclic) bond motifs is 2. The van der Waals surface area contributed by atoms with Crippen LogP contribution in [0.1, 0.15) is 12.1 Å². The highest BCUT2D eigenvalue weighted by atomic mass is 16.5. The molecule has 154 valence electrons. The number of aromatic nitrogens is 3. The third-order valence-electron chi connectivity index (χ3n) is 4.90. The topological polar surface area (TPSA) is 100 Å². The van der Waals surface area contributed by atoms with E-state index in [1.165, 1.54) is 10.9 Å². The second-order valence-corrected chi connectivity index (χ2v) is 7.00. The summed E-state index contributed by atoms with van der Waals surface area (Å²) < 4.78 is 17.7. The molecule has 5 aromatic rings. The molecule has 2 aromatic carbocycles. The zero-order valence-electron chi connectivity index (χ0n) is 16.4. The van der Waals surface area contributed by atoms with Crippen molar-refractivity contribution in [3.05, 3.63) is 83.0 Å². The first kappa shape index (κ1) is 18.8. The van der Waals surface area contributed by atoms with Gasteiger partial charge in [0.25, 0.3) is 5.56 Å². The maximum absolute atomic E-state index is 12.5. The van der Waals surface area contributed by atoms with Gasteiger partial charge in [-0.15, -0.1) is 0 Å². The number of carbonyl (C=O) groups excluding carboxylic acids is 1. The second-order valence-electron chi connectivity index (χ2n) is 7.00. The number of hydrogen-bond acceptors (Lipinski definition) is 7. The minimum atomic E-state index is -0.451. The minimum Gasteiger partial charge on any atom is -0.459 e. The largest absolute Gasteiger partial charge is 0.459 e. The van der Waals surface area contributed by atoms with Gasteiger partial charge in [-0.05, 0) is 24.3 Å². The molecule has 0 spiro atoms. The van der Waals surface area contributed by atoms with Gasteiger partial charge in [0.1, 0.15) is 17.9 Å². The zero-order chi connectivity index (χ0) is 21.2. The van der Waals surface area contributed by atoms with Crippen LogP contribution in [0.25, 0.3) is 33.4 Å². The van der Waals surface area contributed by atoms with Gasteiger partial charge in [0.2, 0.25) is 5.76 Å². The Balaban J connectivity index is 1.20. The lowest BCUT2D eigenvalue weighted by atomic mass is 10.2. The van der Waals surface area contributed by atoms with Crippen molar-refractivity contribution in [1.29, 1.82) is 0 Å². The molecule has 8 heteroatoms. The molecule has 0 saturated heterocycles. The summed E-state index contributed by atoms with van der Waals surface area (Å²) in [6, 6.07) is 18.2. The van der Waals surface area contributed by atoms with E-state index in [2.05, 4.69) is 10.1 Å². The Bertz CT molecular complexity index is 1410. The summed E-state index contributed by atoms with van der Waals surface area (Å²) in [5.74, 6) is 0.554. The lowest BCUT2D eigenvalue weighted by Gasteiger charge is -2.06. The van der Waals surface area contributed by atoms with Crippen molar-refractivity contribution >= 4 is 27.8 Å². The van der Waals surface area contributed by atoms with Gasteiger partial charge in [-0.1, -0.05) is 35.5 Å². The molecule has 0 bridgehead atoms. The average Bonchev–Trinajstić information content (AvgIpc) is 3.44. The van der Waals surface area contributed by atoms with Crippen molar-refractivity contribution in [3.8, 4) is 11.5 Å². The fourth-order valence-corrected chi connectivity index (χ4v) is 3.30. The second kappa shape index (κ2) is 7.91. The monoisotopic (exact) mass is 415 g/mol. The molecule has 0 N–H and O–H groups in total. The normalized spacial score (nSPS) is 11.2.